The molecule has 4 rings (SSSR count). The van der Waals surface area contributed by atoms with E-state index in [1.54, 1.807) is 0 Å². The topological polar surface area (TPSA) is 63.1 Å². The van der Waals surface area contributed by atoms with Crippen LogP contribution in [-0.2, 0) is 5.54 Å². The predicted octanol–water partition coefficient (Wildman–Crippen LogP) is 4.04. The van der Waals surface area contributed by atoms with Gasteiger partial charge in [0.2, 0.25) is 0 Å². The third kappa shape index (κ3) is 4.25. The number of piperazine rings is 1. The fraction of sp³-hybridized carbons (Fsp3) is 0.667. The Morgan fingerprint density at radius 2 is 1.86 bits per heavy atom. The Morgan fingerprint density at radius 1 is 1.21 bits per heavy atom. The molecule has 1 aliphatic heterocycles. The zero-order chi connectivity index (χ0) is 19.5. The molecule has 1 amide bonds. The van der Waals surface area contributed by atoms with Gasteiger partial charge >= 0.3 is 0 Å². The third-order valence-corrected chi connectivity index (χ3v) is 5.99. The lowest BCUT2D eigenvalue weighted by Crippen LogP contribution is -2.57. The molecule has 1 aliphatic carbocycles. The Labute approximate surface area is 185 Å². The second kappa shape index (κ2) is 8.40. The predicted molar refractivity (Wildman–Crippen MR) is 122 cm³/mol. The zero-order valence-corrected chi connectivity index (χ0v) is 19.8. The molecule has 1 saturated carbocycles. The maximum atomic E-state index is 13.6. The SMILES string of the molecule is Cc1nn(C(C)(C)C)c2nc(C3CC3)cc(C(=O)N3CCNC(C)C3C)c12.Cl.Cl. The standard InChI is InChI=1S/C21H31N5O.2ClH/c1-12-14(3)25(10-9-22-12)20(27)16-11-17(15-7-8-15)23-19-18(16)13(2)24-26(19)21(4,5)6;;/h11-12,14-15,22H,7-10H2,1-6H3;2*1H. The third-order valence-electron chi connectivity index (χ3n) is 5.99. The quantitative estimate of drug-likeness (QED) is 0.763. The largest absolute Gasteiger partial charge is 0.333 e. The second-order valence-corrected chi connectivity index (χ2v) is 9.22. The summed E-state index contributed by atoms with van der Waals surface area (Å²) in [6.07, 6.45) is 2.33. The van der Waals surface area contributed by atoms with E-state index >= 15 is 0 Å². The molecule has 2 atom stereocenters. The Hall–Kier alpha value is -1.37. The van der Waals surface area contributed by atoms with Gasteiger partial charge in [-0.15, -0.1) is 24.8 Å². The lowest BCUT2D eigenvalue weighted by atomic mass is 10.0. The van der Waals surface area contributed by atoms with Crippen molar-refractivity contribution < 1.29 is 4.79 Å². The molecular formula is C21H33Cl2N5O. The van der Waals surface area contributed by atoms with Crippen molar-refractivity contribution in [3.63, 3.8) is 0 Å². The molecule has 0 spiro atoms. The molecule has 2 aliphatic rings. The Kier molecular flexibility index (Phi) is 6.93. The minimum Gasteiger partial charge on any atom is -0.333 e. The summed E-state index contributed by atoms with van der Waals surface area (Å²) in [5, 5.41) is 9.15. The average Bonchev–Trinajstić information content (AvgIpc) is 3.39. The number of halogens is 2. The van der Waals surface area contributed by atoms with Crippen LogP contribution in [0.2, 0.25) is 0 Å². The second-order valence-electron chi connectivity index (χ2n) is 9.22. The van der Waals surface area contributed by atoms with E-state index in [4.69, 9.17) is 10.1 Å². The van der Waals surface area contributed by atoms with Gasteiger partial charge in [0, 0.05) is 36.8 Å². The molecule has 2 fully saturated rings. The van der Waals surface area contributed by atoms with E-state index in [1.807, 2.05) is 22.6 Å². The number of aromatic nitrogens is 3. The summed E-state index contributed by atoms with van der Waals surface area (Å²) in [6, 6.07) is 2.50. The molecular weight excluding hydrogens is 409 g/mol. The zero-order valence-electron chi connectivity index (χ0n) is 18.2. The van der Waals surface area contributed by atoms with E-state index in [0.717, 1.165) is 53.9 Å². The van der Waals surface area contributed by atoms with Gasteiger partial charge in [0.25, 0.3) is 5.91 Å². The van der Waals surface area contributed by atoms with Gasteiger partial charge in [-0.05, 0) is 60.5 Å². The molecule has 1 N–H and O–H groups in total. The van der Waals surface area contributed by atoms with E-state index < -0.39 is 0 Å². The molecule has 0 aromatic carbocycles. The van der Waals surface area contributed by atoms with E-state index in [9.17, 15) is 4.79 Å². The Morgan fingerprint density at radius 3 is 2.45 bits per heavy atom. The maximum absolute atomic E-state index is 13.6. The van der Waals surface area contributed by atoms with Gasteiger partial charge in [0.05, 0.1) is 22.2 Å². The van der Waals surface area contributed by atoms with Gasteiger partial charge in [-0.2, -0.15) is 5.10 Å². The number of hydrogen-bond donors (Lipinski definition) is 1. The molecule has 2 unspecified atom stereocenters. The van der Waals surface area contributed by atoms with Crippen molar-refractivity contribution in [3.05, 3.63) is 23.0 Å². The minimum absolute atomic E-state index is 0. The number of carbonyl (C=O) groups excluding carboxylic acids is 1. The fourth-order valence-electron chi connectivity index (χ4n) is 4.03. The number of aryl methyl sites for hydroxylation is 1. The smallest absolute Gasteiger partial charge is 0.255 e. The molecule has 8 heteroatoms. The van der Waals surface area contributed by atoms with Crippen molar-refractivity contribution in [2.24, 2.45) is 0 Å². The van der Waals surface area contributed by atoms with Crippen LogP contribution in [0.5, 0.6) is 0 Å². The van der Waals surface area contributed by atoms with Crippen LogP contribution in [0.1, 0.15) is 75.1 Å². The van der Waals surface area contributed by atoms with E-state index in [0.29, 0.717) is 12.0 Å². The lowest BCUT2D eigenvalue weighted by Gasteiger charge is -2.38. The highest BCUT2D eigenvalue weighted by atomic mass is 35.5. The fourth-order valence-corrected chi connectivity index (χ4v) is 4.03. The first-order valence-corrected chi connectivity index (χ1v) is 10.1. The molecule has 2 aromatic rings. The highest BCUT2D eigenvalue weighted by molar-refractivity contribution is 6.06. The highest BCUT2D eigenvalue weighted by Crippen LogP contribution is 2.41. The van der Waals surface area contributed by atoms with E-state index in [2.05, 4.69) is 39.9 Å². The summed E-state index contributed by atoms with van der Waals surface area (Å²) in [5.74, 6) is 0.602. The summed E-state index contributed by atoms with van der Waals surface area (Å²) in [4.78, 5) is 20.6. The molecule has 0 bridgehead atoms. The molecule has 162 valence electrons. The van der Waals surface area contributed by atoms with Crippen molar-refractivity contribution in [2.45, 2.75) is 77.9 Å². The van der Waals surface area contributed by atoms with Crippen LogP contribution in [0, 0.1) is 6.92 Å². The Bertz CT molecular complexity index is 901. The molecule has 0 radical (unpaired) electrons. The molecule has 6 nitrogen and oxygen atoms in total. The number of pyridine rings is 1. The van der Waals surface area contributed by atoms with Crippen LogP contribution >= 0.6 is 24.8 Å². The summed E-state index contributed by atoms with van der Waals surface area (Å²) in [6.45, 7) is 14.2. The maximum Gasteiger partial charge on any atom is 0.255 e. The van der Waals surface area contributed by atoms with Gasteiger partial charge in [-0.3, -0.25) is 4.79 Å². The van der Waals surface area contributed by atoms with Gasteiger partial charge < -0.3 is 10.2 Å². The van der Waals surface area contributed by atoms with Crippen molar-refractivity contribution >= 4 is 41.8 Å². The van der Waals surface area contributed by atoms with E-state index in [-0.39, 0.29) is 42.3 Å². The highest BCUT2D eigenvalue weighted by Gasteiger charge is 2.34. The van der Waals surface area contributed by atoms with Crippen LogP contribution < -0.4 is 5.32 Å². The van der Waals surface area contributed by atoms with Crippen molar-refractivity contribution in [3.8, 4) is 0 Å². The summed E-state index contributed by atoms with van der Waals surface area (Å²) in [7, 11) is 0. The summed E-state index contributed by atoms with van der Waals surface area (Å²) in [5.41, 5.74) is 3.37. The average molecular weight is 442 g/mol. The number of nitrogens with one attached hydrogen (secondary N) is 1. The normalized spacial score (nSPS) is 22.2. The summed E-state index contributed by atoms with van der Waals surface area (Å²) < 4.78 is 1.99. The first-order chi connectivity index (χ1) is 12.7. The van der Waals surface area contributed by atoms with Crippen LogP contribution in [-0.4, -0.2) is 50.7 Å². The van der Waals surface area contributed by atoms with Crippen LogP contribution in [0.4, 0.5) is 0 Å². The van der Waals surface area contributed by atoms with Gasteiger partial charge in [0.15, 0.2) is 5.65 Å². The minimum atomic E-state index is -0.182. The number of fused-ring (bicyclic) bond motifs is 1. The molecule has 1 saturated heterocycles. The molecule has 3 heterocycles. The van der Waals surface area contributed by atoms with E-state index in [1.165, 1.54) is 0 Å². The Balaban J connectivity index is 0.00000150. The van der Waals surface area contributed by atoms with Crippen molar-refractivity contribution in [1.29, 1.82) is 0 Å². The number of carbonyl (C=O) groups is 1. The summed E-state index contributed by atoms with van der Waals surface area (Å²) >= 11 is 0. The molecule has 2 aromatic heterocycles. The van der Waals surface area contributed by atoms with Crippen LogP contribution in [0.15, 0.2) is 6.07 Å². The number of hydrogen-bond acceptors (Lipinski definition) is 4. The monoisotopic (exact) mass is 441 g/mol. The first-order valence-electron chi connectivity index (χ1n) is 10.1. The molecule has 29 heavy (non-hydrogen) atoms. The number of amides is 1. The van der Waals surface area contributed by atoms with Crippen LogP contribution in [0.3, 0.4) is 0 Å². The van der Waals surface area contributed by atoms with Gasteiger partial charge in [-0.25, -0.2) is 9.67 Å². The number of nitrogens with zero attached hydrogens (tertiary/aromatic N) is 4. The number of rotatable bonds is 2. The van der Waals surface area contributed by atoms with Gasteiger partial charge in [0.1, 0.15) is 0 Å². The van der Waals surface area contributed by atoms with Crippen molar-refractivity contribution in [2.75, 3.05) is 13.1 Å². The first kappa shape index (κ1) is 23.9. The van der Waals surface area contributed by atoms with Crippen LogP contribution in [0.25, 0.3) is 11.0 Å². The van der Waals surface area contributed by atoms with Crippen molar-refractivity contribution in [1.82, 2.24) is 25.0 Å². The lowest BCUT2D eigenvalue weighted by molar-refractivity contribution is 0.0604. The van der Waals surface area contributed by atoms with Gasteiger partial charge in [-0.1, -0.05) is 0 Å².